The molecule has 13 heavy (non-hydrogen) atoms. The van der Waals surface area contributed by atoms with Crippen LogP contribution in [0.4, 0.5) is 0 Å². The second kappa shape index (κ2) is 2.91. The number of aromatic nitrogens is 1. The van der Waals surface area contributed by atoms with E-state index in [0.717, 1.165) is 6.42 Å². The number of fused-ring (bicyclic) bond motifs is 1. The number of benzene rings is 1. The molecule has 0 amide bonds. The van der Waals surface area contributed by atoms with E-state index in [9.17, 15) is 0 Å². The average molecular weight is 173 g/mol. The molecule has 0 N–H and O–H groups in total. The van der Waals surface area contributed by atoms with Gasteiger partial charge in [-0.3, -0.25) is 0 Å². The molecule has 0 spiro atoms. The third kappa shape index (κ3) is 1.24. The summed E-state index contributed by atoms with van der Waals surface area (Å²) in [5.41, 5.74) is 4.07. The van der Waals surface area contributed by atoms with Gasteiger partial charge >= 0.3 is 0 Å². The Morgan fingerprint density at radius 2 is 2.00 bits per heavy atom. The smallest absolute Gasteiger partial charge is 0.0479 e. The third-order valence-electron chi connectivity index (χ3n) is 2.75. The Balaban J connectivity index is 2.73. The van der Waals surface area contributed by atoms with E-state index in [1.807, 2.05) is 0 Å². The van der Waals surface area contributed by atoms with E-state index < -0.39 is 0 Å². The van der Waals surface area contributed by atoms with E-state index in [1.165, 1.54) is 22.2 Å². The molecule has 0 aliphatic rings. The number of nitrogens with zero attached hydrogens (tertiary/aromatic N) is 1. The zero-order valence-corrected chi connectivity index (χ0v) is 8.46. The standard InChI is InChI=1S/C12H15N/c1-4-10-5-6-12-11(8-10)7-9(2)13(12)3/h5-8H,4H2,1-3H3. The van der Waals surface area contributed by atoms with Crippen molar-refractivity contribution in [1.82, 2.24) is 4.57 Å². The van der Waals surface area contributed by atoms with Crippen molar-refractivity contribution in [2.24, 2.45) is 7.05 Å². The first kappa shape index (κ1) is 8.36. The second-order valence-corrected chi connectivity index (χ2v) is 3.59. The molecule has 0 saturated heterocycles. The van der Waals surface area contributed by atoms with E-state index >= 15 is 0 Å². The molecule has 1 aromatic carbocycles. The van der Waals surface area contributed by atoms with Crippen LogP contribution in [0.2, 0.25) is 0 Å². The zero-order chi connectivity index (χ0) is 9.42. The molecule has 0 aliphatic carbocycles. The molecular formula is C12H15N. The zero-order valence-electron chi connectivity index (χ0n) is 8.46. The van der Waals surface area contributed by atoms with Gasteiger partial charge in [0.05, 0.1) is 0 Å². The van der Waals surface area contributed by atoms with Crippen LogP contribution in [0.3, 0.4) is 0 Å². The van der Waals surface area contributed by atoms with Crippen LogP contribution >= 0.6 is 0 Å². The number of hydrogen-bond donors (Lipinski definition) is 0. The quantitative estimate of drug-likeness (QED) is 0.624. The molecule has 0 saturated carbocycles. The predicted octanol–water partition coefficient (Wildman–Crippen LogP) is 3.05. The molecule has 2 aromatic rings. The average Bonchev–Trinajstić information content (AvgIpc) is 2.42. The maximum absolute atomic E-state index is 2.28. The van der Waals surface area contributed by atoms with Gasteiger partial charge in [0, 0.05) is 23.6 Å². The number of rotatable bonds is 1. The SMILES string of the molecule is CCc1ccc2c(c1)cc(C)n2C. The highest BCUT2D eigenvalue weighted by Gasteiger charge is 2.01. The summed E-state index contributed by atoms with van der Waals surface area (Å²) in [7, 11) is 2.11. The van der Waals surface area contributed by atoms with E-state index in [0.29, 0.717) is 0 Å². The lowest BCUT2D eigenvalue weighted by Gasteiger charge is -1.99. The van der Waals surface area contributed by atoms with Gasteiger partial charge in [-0.25, -0.2) is 0 Å². The molecule has 0 unspecified atom stereocenters. The van der Waals surface area contributed by atoms with Crippen molar-refractivity contribution in [2.75, 3.05) is 0 Å². The molecule has 0 atom stereocenters. The van der Waals surface area contributed by atoms with Gasteiger partial charge in [0.2, 0.25) is 0 Å². The van der Waals surface area contributed by atoms with E-state index in [1.54, 1.807) is 0 Å². The third-order valence-corrected chi connectivity index (χ3v) is 2.75. The summed E-state index contributed by atoms with van der Waals surface area (Å²) in [6.45, 7) is 4.34. The Morgan fingerprint density at radius 1 is 1.23 bits per heavy atom. The van der Waals surface area contributed by atoms with Gasteiger partial charge in [-0.15, -0.1) is 0 Å². The molecule has 68 valence electrons. The maximum Gasteiger partial charge on any atom is 0.0479 e. The van der Waals surface area contributed by atoms with Gasteiger partial charge in [-0.1, -0.05) is 13.0 Å². The molecule has 0 radical (unpaired) electrons. The first-order chi connectivity index (χ1) is 6.22. The van der Waals surface area contributed by atoms with Gasteiger partial charge in [-0.05, 0) is 37.1 Å². The van der Waals surface area contributed by atoms with Crippen molar-refractivity contribution in [3.8, 4) is 0 Å². The minimum Gasteiger partial charge on any atom is -0.348 e. The summed E-state index contributed by atoms with van der Waals surface area (Å²) >= 11 is 0. The molecule has 1 aromatic heterocycles. The number of hydrogen-bond acceptors (Lipinski definition) is 0. The predicted molar refractivity (Wildman–Crippen MR) is 57.0 cm³/mol. The Hall–Kier alpha value is -1.24. The topological polar surface area (TPSA) is 4.93 Å². The fraction of sp³-hybridized carbons (Fsp3) is 0.333. The van der Waals surface area contributed by atoms with Crippen LogP contribution in [0.25, 0.3) is 10.9 Å². The molecule has 0 aliphatic heterocycles. The largest absolute Gasteiger partial charge is 0.348 e. The first-order valence-corrected chi connectivity index (χ1v) is 4.77. The van der Waals surface area contributed by atoms with Crippen molar-refractivity contribution in [3.05, 3.63) is 35.5 Å². The van der Waals surface area contributed by atoms with Gasteiger partial charge in [0.1, 0.15) is 0 Å². The molecule has 1 heteroatoms. The molecular weight excluding hydrogens is 158 g/mol. The monoisotopic (exact) mass is 173 g/mol. The van der Waals surface area contributed by atoms with Crippen LogP contribution in [0, 0.1) is 6.92 Å². The Kier molecular flexibility index (Phi) is 1.87. The fourth-order valence-corrected chi connectivity index (χ4v) is 1.76. The molecule has 1 heterocycles. The van der Waals surface area contributed by atoms with Crippen LogP contribution < -0.4 is 0 Å². The number of aryl methyl sites for hydroxylation is 3. The molecule has 1 nitrogen and oxygen atoms in total. The highest BCUT2D eigenvalue weighted by molar-refractivity contribution is 5.81. The van der Waals surface area contributed by atoms with Crippen molar-refractivity contribution >= 4 is 10.9 Å². The van der Waals surface area contributed by atoms with Gasteiger partial charge in [-0.2, -0.15) is 0 Å². The molecule has 0 bridgehead atoms. The Morgan fingerprint density at radius 3 is 2.69 bits per heavy atom. The minimum absolute atomic E-state index is 1.11. The van der Waals surface area contributed by atoms with Crippen LogP contribution in [0.5, 0.6) is 0 Å². The van der Waals surface area contributed by atoms with E-state index in [2.05, 4.69) is 49.7 Å². The highest BCUT2D eigenvalue weighted by atomic mass is 14.9. The van der Waals surface area contributed by atoms with Crippen molar-refractivity contribution in [2.45, 2.75) is 20.3 Å². The summed E-state index contributed by atoms with van der Waals surface area (Å²) in [4.78, 5) is 0. The summed E-state index contributed by atoms with van der Waals surface area (Å²) in [6.07, 6.45) is 1.11. The second-order valence-electron chi connectivity index (χ2n) is 3.59. The van der Waals surface area contributed by atoms with Gasteiger partial charge < -0.3 is 4.57 Å². The molecule has 0 fully saturated rings. The van der Waals surface area contributed by atoms with Crippen LogP contribution in [0.1, 0.15) is 18.2 Å². The van der Waals surface area contributed by atoms with Crippen molar-refractivity contribution in [1.29, 1.82) is 0 Å². The highest BCUT2D eigenvalue weighted by Crippen LogP contribution is 2.19. The Labute approximate surface area is 79.0 Å². The lowest BCUT2D eigenvalue weighted by atomic mass is 10.1. The van der Waals surface area contributed by atoms with E-state index in [-0.39, 0.29) is 0 Å². The van der Waals surface area contributed by atoms with Gasteiger partial charge in [0.15, 0.2) is 0 Å². The molecule has 2 rings (SSSR count). The first-order valence-electron chi connectivity index (χ1n) is 4.77. The maximum atomic E-state index is 2.28. The van der Waals surface area contributed by atoms with Crippen molar-refractivity contribution in [3.63, 3.8) is 0 Å². The van der Waals surface area contributed by atoms with E-state index in [4.69, 9.17) is 0 Å². The summed E-state index contributed by atoms with van der Waals surface area (Å²) in [5.74, 6) is 0. The van der Waals surface area contributed by atoms with Crippen LogP contribution in [0.15, 0.2) is 24.3 Å². The summed E-state index contributed by atoms with van der Waals surface area (Å²) in [6, 6.07) is 8.94. The van der Waals surface area contributed by atoms with Crippen molar-refractivity contribution < 1.29 is 0 Å². The summed E-state index contributed by atoms with van der Waals surface area (Å²) < 4.78 is 2.23. The van der Waals surface area contributed by atoms with Crippen LogP contribution in [-0.2, 0) is 13.5 Å². The normalized spacial score (nSPS) is 11.0. The Bertz CT molecular complexity index is 438. The summed E-state index contributed by atoms with van der Waals surface area (Å²) in [5, 5.41) is 1.36. The lowest BCUT2D eigenvalue weighted by molar-refractivity contribution is 0.918. The van der Waals surface area contributed by atoms with Gasteiger partial charge in [0.25, 0.3) is 0 Å². The fourth-order valence-electron chi connectivity index (χ4n) is 1.76. The van der Waals surface area contributed by atoms with Crippen LogP contribution in [-0.4, -0.2) is 4.57 Å². The lowest BCUT2D eigenvalue weighted by Crippen LogP contribution is -1.89. The minimum atomic E-state index is 1.11.